The van der Waals surface area contributed by atoms with E-state index in [-0.39, 0.29) is 0 Å². The van der Waals surface area contributed by atoms with Crippen LogP contribution in [0.5, 0.6) is 0 Å². The van der Waals surface area contributed by atoms with Crippen molar-refractivity contribution in [1.29, 1.82) is 0 Å². The highest BCUT2D eigenvalue weighted by Crippen LogP contribution is 2.39. The van der Waals surface area contributed by atoms with Crippen LogP contribution in [0.4, 0.5) is 0 Å². The van der Waals surface area contributed by atoms with Gasteiger partial charge in [0.1, 0.15) is 0 Å². The van der Waals surface area contributed by atoms with Gasteiger partial charge in [0.2, 0.25) is 0 Å². The molecule has 0 bridgehead atoms. The van der Waals surface area contributed by atoms with Gasteiger partial charge in [0, 0.05) is 16.5 Å². The molecular weight excluding hydrogens is 739 g/mol. The van der Waals surface area contributed by atoms with E-state index in [9.17, 15) is 0 Å². The maximum absolute atomic E-state index is 5.17. The normalized spacial score (nSPS) is 11.9. The van der Waals surface area contributed by atoms with Gasteiger partial charge in [-0.2, -0.15) is 0 Å². The van der Waals surface area contributed by atoms with E-state index in [1.165, 1.54) is 21.9 Å². The summed E-state index contributed by atoms with van der Waals surface area (Å²) in [5, 5.41) is 5.81. The van der Waals surface area contributed by atoms with Crippen LogP contribution in [0.2, 0.25) is 0 Å². The van der Waals surface area contributed by atoms with Crippen molar-refractivity contribution in [2.24, 2.45) is 9.98 Å². The highest BCUT2D eigenvalue weighted by atomic mass is 14.8. The van der Waals surface area contributed by atoms with Crippen molar-refractivity contribution >= 4 is 50.6 Å². The van der Waals surface area contributed by atoms with Gasteiger partial charge in [-0.05, 0) is 91.0 Å². The second-order valence-corrected chi connectivity index (χ2v) is 15.2. The number of allylic oxidation sites excluding steroid dienone is 1. The average Bonchev–Trinajstić information content (AvgIpc) is 3.34. The largest absolute Gasteiger partial charge is 0.280 e. The molecule has 10 rings (SSSR count). The molecule has 1 aromatic heterocycles. The van der Waals surface area contributed by atoms with Crippen LogP contribution in [0.25, 0.3) is 82.8 Å². The molecule has 3 nitrogen and oxygen atoms in total. The third-order valence-electron chi connectivity index (χ3n) is 11.5. The topological polar surface area (TPSA) is 37.6 Å². The summed E-state index contributed by atoms with van der Waals surface area (Å²) in [4.78, 5) is 15.0. The zero-order valence-electron chi connectivity index (χ0n) is 33.6. The molecule has 0 saturated carbocycles. The van der Waals surface area contributed by atoms with Gasteiger partial charge in [0.05, 0.1) is 29.2 Å². The molecule has 0 radical (unpaired) electrons. The molecule has 0 fully saturated rings. The van der Waals surface area contributed by atoms with E-state index in [2.05, 4.69) is 218 Å². The third-order valence-corrected chi connectivity index (χ3v) is 11.5. The van der Waals surface area contributed by atoms with Crippen molar-refractivity contribution in [1.82, 2.24) is 4.98 Å². The number of rotatable bonds is 10. The summed E-state index contributed by atoms with van der Waals surface area (Å²) >= 11 is 0. The number of nitrogens with zero attached hydrogens (tertiary/aromatic N) is 3. The Balaban J connectivity index is 1.04. The van der Waals surface area contributed by atoms with Crippen LogP contribution in [0, 0.1) is 0 Å². The molecule has 0 unspecified atom stereocenters. The number of hydrogen-bond donors (Lipinski definition) is 0. The molecule has 3 heteroatoms. The highest BCUT2D eigenvalue weighted by Gasteiger charge is 2.16. The first-order valence-electron chi connectivity index (χ1n) is 20.6. The molecule has 288 valence electrons. The number of aromatic nitrogens is 1. The second kappa shape index (κ2) is 16.7. The van der Waals surface area contributed by atoms with Gasteiger partial charge in [-0.25, -0.2) is 4.98 Å². The first kappa shape index (κ1) is 37.3. The van der Waals surface area contributed by atoms with Crippen molar-refractivity contribution in [2.75, 3.05) is 0 Å². The summed E-state index contributed by atoms with van der Waals surface area (Å²) in [6.07, 6.45) is 2.08. The molecule has 0 N–H and O–H groups in total. The number of benzene rings is 9. The van der Waals surface area contributed by atoms with Gasteiger partial charge >= 0.3 is 0 Å². The SMILES string of the molecule is C=N/C(=C\C(=N/Cc1ccccc1)c1ccc(-c2ccccc2)cc1)c1ccc(-c2ccc(-c3cc(-c4ccccc4)nc4ccc5ccccc5c34)cc2)c2ccccc12. The summed E-state index contributed by atoms with van der Waals surface area (Å²) in [6.45, 7) is 4.62. The fraction of sp³-hybridized carbons (Fsp3) is 0.0172. The lowest BCUT2D eigenvalue weighted by Crippen LogP contribution is -2.00. The lowest BCUT2D eigenvalue weighted by atomic mass is 9.91. The van der Waals surface area contributed by atoms with Gasteiger partial charge in [-0.15, -0.1) is 0 Å². The van der Waals surface area contributed by atoms with Gasteiger partial charge in [-0.1, -0.05) is 206 Å². The van der Waals surface area contributed by atoms with Crippen LogP contribution in [0.3, 0.4) is 0 Å². The molecule has 9 aromatic carbocycles. The fourth-order valence-corrected chi connectivity index (χ4v) is 8.38. The predicted octanol–water partition coefficient (Wildman–Crippen LogP) is 14.9. The van der Waals surface area contributed by atoms with Gasteiger partial charge < -0.3 is 0 Å². The number of aliphatic imine (C=N–C) groups is 2. The summed E-state index contributed by atoms with van der Waals surface area (Å²) in [7, 11) is 0. The van der Waals surface area contributed by atoms with Gasteiger partial charge in [-0.3, -0.25) is 9.98 Å². The molecule has 0 amide bonds. The second-order valence-electron chi connectivity index (χ2n) is 15.2. The molecule has 0 aliphatic carbocycles. The zero-order chi connectivity index (χ0) is 41.0. The van der Waals surface area contributed by atoms with Crippen molar-refractivity contribution in [3.63, 3.8) is 0 Å². The Hall–Kier alpha value is -8.01. The Bertz CT molecular complexity index is 3240. The molecule has 0 aliphatic heterocycles. The summed E-state index contributed by atoms with van der Waals surface area (Å²) < 4.78 is 0. The van der Waals surface area contributed by atoms with E-state index in [0.29, 0.717) is 6.54 Å². The highest BCUT2D eigenvalue weighted by molar-refractivity contribution is 6.15. The van der Waals surface area contributed by atoms with Crippen LogP contribution in [-0.4, -0.2) is 17.4 Å². The van der Waals surface area contributed by atoms with E-state index >= 15 is 0 Å². The maximum Gasteiger partial charge on any atom is 0.0722 e. The standard InChI is InChI=1S/C58H41N3/c1-59-57(38-55(60-39-40-15-5-2-6-16-40)47-31-25-42(26-32-47)41-17-7-3-8-18-41)52-35-34-48(50-23-13-14-24-51(50)52)44-27-29-45(30-28-44)53-37-56(46-20-9-4-10-21-46)61-54-36-33-43-19-11-12-22-49(43)58(53)54/h2-38H,1,39H2/b57-38-,60-55+. The molecule has 0 spiro atoms. The van der Waals surface area contributed by atoms with E-state index < -0.39 is 0 Å². The molecule has 0 aliphatic rings. The van der Waals surface area contributed by atoms with E-state index in [1.54, 1.807) is 0 Å². The quantitative estimate of drug-likeness (QED) is 0.101. The first-order chi connectivity index (χ1) is 30.2. The molecule has 1 heterocycles. The van der Waals surface area contributed by atoms with Crippen LogP contribution < -0.4 is 0 Å². The average molecular weight is 780 g/mol. The maximum atomic E-state index is 5.17. The van der Waals surface area contributed by atoms with Crippen LogP contribution in [0.1, 0.15) is 16.7 Å². The number of pyridine rings is 1. The monoisotopic (exact) mass is 779 g/mol. The van der Waals surface area contributed by atoms with Crippen LogP contribution >= 0.6 is 0 Å². The molecule has 10 aromatic rings. The Kier molecular flexibility index (Phi) is 10.2. The minimum absolute atomic E-state index is 0.548. The minimum Gasteiger partial charge on any atom is -0.280 e. The van der Waals surface area contributed by atoms with Gasteiger partial charge in [0.15, 0.2) is 0 Å². The number of fused-ring (bicyclic) bond motifs is 4. The third kappa shape index (κ3) is 7.57. The van der Waals surface area contributed by atoms with E-state index in [0.717, 1.165) is 83.3 Å². The van der Waals surface area contributed by atoms with Crippen molar-refractivity contribution in [2.45, 2.75) is 6.54 Å². The minimum atomic E-state index is 0.548. The Morgan fingerprint density at radius 1 is 0.475 bits per heavy atom. The first-order valence-corrected chi connectivity index (χ1v) is 20.6. The van der Waals surface area contributed by atoms with Crippen molar-refractivity contribution in [3.8, 4) is 44.6 Å². The lowest BCUT2D eigenvalue weighted by molar-refractivity contribution is 1.07. The molecule has 0 saturated heterocycles. The Morgan fingerprint density at radius 2 is 1.05 bits per heavy atom. The smallest absolute Gasteiger partial charge is 0.0722 e. The molecular formula is C58H41N3. The molecule has 0 atom stereocenters. The summed E-state index contributed by atoms with van der Waals surface area (Å²) in [6, 6.07) is 76.9. The van der Waals surface area contributed by atoms with Crippen molar-refractivity contribution < 1.29 is 0 Å². The van der Waals surface area contributed by atoms with E-state index in [1.807, 2.05) is 18.2 Å². The van der Waals surface area contributed by atoms with Crippen LogP contribution in [-0.2, 0) is 6.54 Å². The van der Waals surface area contributed by atoms with Gasteiger partial charge in [0.25, 0.3) is 0 Å². The van der Waals surface area contributed by atoms with E-state index in [4.69, 9.17) is 9.98 Å². The summed E-state index contributed by atoms with van der Waals surface area (Å²) in [5.74, 6) is 0. The Labute approximate surface area is 356 Å². The van der Waals surface area contributed by atoms with Crippen molar-refractivity contribution in [3.05, 3.63) is 241 Å². The fourth-order valence-electron chi connectivity index (χ4n) is 8.38. The Morgan fingerprint density at radius 3 is 1.75 bits per heavy atom. The summed E-state index contributed by atoms with van der Waals surface area (Å²) in [5.41, 5.74) is 14.8. The zero-order valence-corrected chi connectivity index (χ0v) is 33.6. The number of hydrogen-bond acceptors (Lipinski definition) is 3. The predicted molar refractivity (Wildman–Crippen MR) is 259 cm³/mol. The lowest BCUT2D eigenvalue weighted by Gasteiger charge is -2.15. The van der Waals surface area contributed by atoms with Crippen LogP contribution in [0.15, 0.2) is 234 Å². The molecule has 61 heavy (non-hydrogen) atoms.